The van der Waals surface area contributed by atoms with Crippen molar-refractivity contribution >= 4 is 5.91 Å². The molecule has 0 spiro atoms. The van der Waals surface area contributed by atoms with Gasteiger partial charge < -0.3 is 4.90 Å². The Kier molecular flexibility index (Phi) is 3.75. The molecule has 0 aromatic heterocycles. The Morgan fingerprint density at radius 1 is 1.42 bits per heavy atom. The number of hydrogen-bond donors (Lipinski definition) is 0. The Morgan fingerprint density at radius 2 is 1.83 bits per heavy atom. The quantitative estimate of drug-likeness (QED) is 0.623. The topological polar surface area (TPSA) is 20.3 Å². The molecule has 0 saturated heterocycles. The molecule has 12 heavy (non-hydrogen) atoms. The van der Waals surface area contributed by atoms with E-state index in [-0.39, 0.29) is 17.2 Å². The SMILES string of the molecule is CCN(C)C(=O)[C@@H](C)C(C)(C)C. The van der Waals surface area contributed by atoms with Crippen molar-refractivity contribution in [2.45, 2.75) is 34.6 Å². The molecule has 0 bridgehead atoms. The molecule has 0 aliphatic heterocycles. The minimum Gasteiger partial charge on any atom is -0.346 e. The van der Waals surface area contributed by atoms with Crippen LogP contribution in [0.5, 0.6) is 0 Å². The van der Waals surface area contributed by atoms with Crippen molar-refractivity contribution in [1.82, 2.24) is 4.90 Å². The Hall–Kier alpha value is -0.530. The number of amides is 1. The van der Waals surface area contributed by atoms with Crippen LogP contribution in [0.15, 0.2) is 0 Å². The smallest absolute Gasteiger partial charge is 0.225 e. The van der Waals surface area contributed by atoms with Gasteiger partial charge in [0.15, 0.2) is 0 Å². The number of carbonyl (C=O) groups excluding carboxylic acids is 1. The minimum atomic E-state index is 0.0700. The fraction of sp³-hybridized carbons (Fsp3) is 0.900. The summed E-state index contributed by atoms with van der Waals surface area (Å²) in [6, 6.07) is 0. The van der Waals surface area contributed by atoms with Crippen molar-refractivity contribution in [3.05, 3.63) is 0 Å². The van der Waals surface area contributed by atoms with Gasteiger partial charge in [-0.3, -0.25) is 4.79 Å². The second-order valence-corrected chi connectivity index (χ2v) is 4.44. The molecule has 1 atom stereocenters. The van der Waals surface area contributed by atoms with Crippen LogP contribution >= 0.6 is 0 Å². The van der Waals surface area contributed by atoms with Crippen molar-refractivity contribution in [3.63, 3.8) is 0 Å². The molecule has 0 aliphatic carbocycles. The maximum Gasteiger partial charge on any atom is 0.225 e. The summed E-state index contributed by atoms with van der Waals surface area (Å²) in [5.41, 5.74) is 0.0700. The molecular weight excluding hydrogens is 150 g/mol. The molecular formula is C10H21NO. The molecule has 72 valence electrons. The lowest BCUT2D eigenvalue weighted by Crippen LogP contribution is -2.37. The number of carbonyl (C=O) groups is 1. The second kappa shape index (κ2) is 3.92. The van der Waals surface area contributed by atoms with Crippen molar-refractivity contribution in [1.29, 1.82) is 0 Å². The Morgan fingerprint density at radius 3 is 2.08 bits per heavy atom. The summed E-state index contributed by atoms with van der Waals surface area (Å²) in [6.07, 6.45) is 0. The van der Waals surface area contributed by atoms with E-state index in [1.807, 2.05) is 20.9 Å². The van der Waals surface area contributed by atoms with E-state index >= 15 is 0 Å². The van der Waals surface area contributed by atoms with Crippen LogP contribution < -0.4 is 0 Å². The molecule has 0 aliphatic rings. The molecule has 0 fully saturated rings. The van der Waals surface area contributed by atoms with Gasteiger partial charge in [0, 0.05) is 19.5 Å². The highest BCUT2D eigenvalue weighted by Gasteiger charge is 2.28. The van der Waals surface area contributed by atoms with Crippen molar-refractivity contribution in [2.75, 3.05) is 13.6 Å². The van der Waals surface area contributed by atoms with E-state index in [1.165, 1.54) is 0 Å². The van der Waals surface area contributed by atoms with Crippen LogP contribution in [0, 0.1) is 11.3 Å². The molecule has 0 aromatic rings. The average Bonchev–Trinajstić information content (AvgIpc) is 1.98. The van der Waals surface area contributed by atoms with E-state index in [4.69, 9.17) is 0 Å². The lowest BCUT2D eigenvalue weighted by molar-refractivity contribution is -0.136. The van der Waals surface area contributed by atoms with Crippen molar-refractivity contribution in [2.24, 2.45) is 11.3 Å². The molecule has 2 nitrogen and oxygen atoms in total. The summed E-state index contributed by atoms with van der Waals surface area (Å²) in [5.74, 6) is 0.340. The summed E-state index contributed by atoms with van der Waals surface area (Å²) < 4.78 is 0. The van der Waals surface area contributed by atoms with Gasteiger partial charge in [-0.25, -0.2) is 0 Å². The number of rotatable bonds is 2. The van der Waals surface area contributed by atoms with Gasteiger partial charge in [0.2, 0.25) is 5.91 Å². The summed E-state index contributed by atoms with van der Waals surface area (Å²) in [4.78, 5) is 13.4. The van der Waals surface area contributed by atoms with E-state index in [9.17, 15) is 4.79 Å². The first-order valence-corrected chi connectivity index (χ1v) is 4.55. The molecule has 0 unspecified atom stereocenters. The molecule has 0 N–H and O–H groups in total. The van der Waals surface area contributed by atoms with Gasteiger partial charge in [0.25, 0.3) is 0 Å². The standard InChI is InChI=1S/C10H21NO/c1-7-11(6)9(12)8(2)10(3,4)5/h8H,7H2,1-6H3/t8-/m1/s1. The van der Waals surface area contributed by atoms with Crippen LogP contribution in [-0.4, -0.2) is 24.4 Å². The number of hydrogen-bond acceptors (Lipinski definition) is 1. The minimum absolute atomic E-state index is 0.0700. The second-order valence-electron chi connectivity index (χ2n) is 4.44. The average molecular weight is 171 g/mol. The molecule has 0 heterocycles. The van der Waals surface area contributed by atoms with Gasteiger partial charge in [-0.2, -0.15) is 0 Å². The Balaban J connectivity index is 4.30. The van der Waals surface area contributed by atoms with Gasteiger partial charge in [-0.15, -0.1) is 0 Å². The zero-order valence-electron chi connectivity index (χ0n) is 9.14. The summed E-state index contributed by atoms with van der Waals surface area (Å²) in [5, 5.41) is 0. The van der Waals surface area contributed by atoms with Gasteiger partial charge in [-0.05, 0) is 12.3 Å². The van der Waals surface area contributed by atoms with E-state index < -0.39 is 0 Å². The highest BCUT2D eigenvalue weighted by atomic mass is 16.2. The Bertz CT molecular complexity index is 158. The van der Waals surface area contributed by atoms with Crippen molar-refractivity contribution < 1.29 is 4.79 Å². The molecule has 0 radical (unpaired) electrons. The van der Waals surface area contributed by atoms with Crippen LogP contribution in [-0.2, 0) is 4.79 Å². The zero-order valence-corrected chi connectivity index (χ0v) is 9.14. The third-order valence-corrected chi connectivity index (χ3v) is 2.52. The van der Waals surface area contributed by atoms with E-state index in [0.717, 1.165) is 6.54 Å². The maximum atomic E-state index is 11.6. The predicted molar refractivity (Wildman–Crippen MR) is 51.9 cm³/mol. The molecule has 0 aromatic carbocycles. The molecule has 1 amide bonds. The molecule has 2 heteroatoms. The lowest BCUT2D eigenvalue weighted by Gasteiger charge is -2.29. The van der Waals surface area contributed by atoms with Crippen LogP contribution in [0.4, 0.5) is 0 Å². The first-order chi connectivity index (χ1) is 5.30. The molecule has 0 rings (SSSR count). The van der Waals surface area contributed by atoms with Gasteiger partial charge in [-0.1, -0.05) is 27.7 Å². The summed E-state index contributed by atoms with van der Waals surface area (Å²) >= 11 is 0. The third kappa shape index (κ3) is 2.84. The zero-order chi connectivity index (χ0) is 9.94. The predicted octanol–water partition coefficient (Wildman–Crippen LogP) is 2.15. The largest absolute Gasteiger partial charge is 0.346 e. The van der Waals surface area contributed by atoms with Crippen molar-refractivity contribution in [3.8, 4) is 0 Å². The van der Waals surface area contributed by atoms with Crippen LogP contribution in [0.25, 0.3) is 0 Å². The fourth-order valence-electron chi connectivity index (χ4n) is 0.857. The highest BCUT2D eigenvalue weighted by molar-refractivity contribution is 5.78. The fourth-order valence-corrected chi connectivity index (χ4v) is 0.857. The molecule has 0 saturated carbocycles. The first kappa shape index (κ1) is 11.5. The van der Waals surface area contributed by atoms with Crippen LogP contribution in [0.2, 0.25) is 0 Å². The first-order valence-electron chi connectivity index (χ1n) is 4.55. The van der Waals surface area contributed by atoms with E-state index in [0.29, 0.717) is 0 Å². The lowest BCUT2D eigenvalue weighted by atomic mass is 9.81. The van der Waals surface area contributed by atoms with Crippen LogP contribution in [0.1, 0.15) is 34.6 Å². The highest BCUT2D eigenvalue weighted by Crippen LogP contribution is 2.26. The van der Waals surface area contributed by atoms with E-state index in [1.54, 1.807) is 4.90 Å². The normalized spacial score (nSPS) is 14.2. The third-order valence-electron chi connectivity index (χ3n) is 2.52. The monoisotopic (exact) mass is 171 g/mol. The maximum absolute atomic E-state index is 11.6. The van der Waals surface area contributed by atoms with Crippen LogP contribution in [0.3, 0.4) is 0 Å². The van der Waals surface area contributed by atoms with Gasteiger partial charge in [0.1, 0.15) is 0 Å². The Labute approximate surface area is 75.9 Å². The van der Waals surface area contributed by atoms with E-state index in [2.05, 4.69) is 20.8 Å². The summed E-state index contributed by atoms with van der Waals surface area (Å²) in [6.45, 7) is 11.1. The van der Waals surface area contributed by atoms with Gasteiger partial charge in [0.05, 0.1) is 0 Å². The summed E-state index contributed by atoms with van der Waals surface area (Å²) in [7, 11) is 1.85. The van der Waals surface area contributed by atoms with Gasteiger partial charge >= 0.3 is 0 Å². The number of nitrogens with zero attached hydrogens (tertiary/aromatic N) is 1.